The average molecular weight is 1650 g/mol. The summed E-state index contributed by atoms with van der Waals surface area (Å²) in [5.41, 5.74) is 0. The average Bonchev–Trinajstić information content (AvgIpc) is 0.729. The van der Waals surface area contributed by atoms with Crippen molar-refractivity contribution in [2.45, 2.75) is 0 Å². The van der Waals surface area contributed by atoms with E-state index in [1.807, 2.05) is 0 Å². The van der Waals surface area contributed by atoms with Gasteiger partial charge in [-0.05, 0) is 0 Å². The zero-order valence-electron chi connectivity index (χ0n) is 65.7. The fraction of sp³-hybridized carbons (Fsp3) is 0. The van der Waals surface area contributed by atoms with E-state index in [1.165, 1.54) is 93.4 Å². The molecule has 567 valence electrons. The van der Waals surface area contributed by atoms with Crippen LogP contribution in [0.2, 0.25) is 0 Å². The summed E-state index contributed by atoms with van der Waals surface area (Å²) in [5, 5.41) is 23.3. The van der Waals surface area contributed by atoms with Crippen LogP contribution in [0.1, 0.15) is 0 Å². The molecule has 0 saturated carbocycles. The summed E-state index contributed by atoms with van der Waals surface area (Å²) in [7, 11) is -17.5. The maximum atomic E-state index is 6.44. The molecule has 18 aromatic carbocycles. The Labute approximate surface area is 714 Å². The molecule has 0 aliphatic heterocycles. The van der Waals surface area contributed by atoms with Crippen molar-refractivity contribution in [1.29, 1.82) is 0 Å². The second-order valence-electron chi connectivity index (χ2n) is 29.2. The van der Waals surface area contributed by atoms with Crippen LogP contribution in [0, 0.1) is 0 Å². The minimum Gasteiger partial charge on any atom is -0.644 e. The summed E-state index contributed by atoms with van der Waals surface area (Å²) < 4.78 is 19.3. The van der Waals surface area contributed by atoms with E-state index in [0.29, 0.717) is 0 Å². The molecule has 0 heterocycles. The largest absolute Gasteiger partial charge is 3.00 e. The summed E-state index contributed by atoms with van der Waals surface area (Å²) in [6, 6.07) is 198. The molecular formula is C108H90CrN3Si6. The molecule has 3 nitrogen and oxygen atoms in total. The molecule has 1 radical (unpaired) electrons. The van der Waals surface area contributed by atoms with Crippen molar-refractivity contribution in [2.75, 3.05) is 0 Å². The van der Waals surface area contributed by atoms with E-state index < -0.39 is 49.4 Å². The Hall–Kier alpha value is -12.3. The monoisotopic (exact) mass is 1650 g/mol. The summed E-state index contributed by atoms with van der Waals surface area (Å²) in [6.45, 7) is 0. The van der Waals surface area contributed by atoms with Gasteiger partial charge in [-0.25, -0.2) is 0 Å². The number of hydrogen-bond donors (Lipinski definition) is 0. The van der Waals surface area contributed by atoms with Crippen molar-refractivity contribution in [3.05, 3.63) is 560 Å². The fourth-order valence-electron chi connectivity index (χ4n) is 17.1. The first-order valence-electron chi connectivity index (χ1n) is 40.2. The molecule has 0 fully saturated rings. The van der Waals surface area contributed by atoms with Crippen molar-refractivity contribution >= 4 is 143 Å². The molecule has 0 spiro atoms. The molecule has 118 heavy (non-hydrogen) atoms. The van der Waals surface area contributed by atoms with Gasteiger partial charge in [0.25, 0.3) is 0 Å². The molecular weight excluding hydrogens is 1560 g/mol. The van der Waals surface area contributed by atoms with Crippen LogP contribution in [0.3, 0.4) is 0 Å². The molecule has 0 aliphatic rings. The molecule has 0 atom stereocenters. The summed E-state index contributed by atoms with van der Waals surface area (Å²) in [6.07, 6.45) is 0. The maximum absolute atomic E-state index is 6.44. The van der Waals surface area contributed by atoms with Gasteiger partial charge in [0.15, 0.2) is 0 Å². The predicted octanol–water partition coefficient (Wildman–Crippen LogP) is 14.1. The molecule has 0 bridgehead atoms. The van der Waals surface area contributed by atoms with Gasteiger partial charge < -0.3 is 13.9 Å². The fourth-order valence-corrected chi connectivity index (χ4v) is 50.6. The number of hydrogen-bond acceptors (Lipinski definition) is 0. The minimum atomic E-state index is -2.92. The third-order valence-corrected chi connectivity index (χ3v) is 51.5. The van der Waals surface area contributed by atoms with Gasteiger partial charge in [0.05, 0.1) is 0 Å². The van der Waals surface area contributed by atoms with Crippen LogP contribution < -0.4 is 93.4 Å². The Kier molecular flexibility index (Phi) is 26.5. The normalized spacial score (nSPS) is 11.6. The first-order chi connectivity index (χ1) is 58.0. The number of rotatable bonds is 24. The van der Waals surface area contributed by atoms with Crippen LogP contribution in [0.15, 0.2) is 546 Å². The molecule has 0 amide bonds. The topological polar surface area (TPSA) is 42.3 Å². The molecule has 0 aliphatic carbocycles. The third-order valence-electron chi connectivity index (χ3n) is 22.5. The Morgan fingerprint density at radius 2 is 0.136 bits per heavy atom. The number of benzene rings is 18. The van der Waals surface area contributed by atoms with Crippen molar-refractivity contribution < 1.29 is 17.4 Å². The van der Waals surface area contributed by atoms with Crippen LogP contribution in [-0.2, 0) is 17.4 Å². The van der Waals surface area contributed by atoms with Crippen molar-refractivity contribution in [3.63, 3.8) is 0 Å². The van der Waals surface area contributed by atoms with E-state index >= 15 is 0 Å². The van der Waals surface area contributed by atoms with Gasteiger partial charge in [0, 0.05) is 49.4 Å². The molecule has 0 saturated heterocycles. The molecule has 18 rings (SSSR count). The van der Waals surface area contributed by atoms with Crippen LogP contribution in [-0.4, -0.2) is 49.4 Å². The smallest absolute Gasteiger partial charge is 0.644 e. The van der Waals surface area contributed by atoms with E-state index in [9.17, 15) is 0 Å². The second kappa shape index (κ2) is 38.6. The maximum Gasteiger partial charge on any atom is 3.00 e. The standard InChI is InChI=1S/3C36H30NSi2.Cr/c3*1-7-19-31(20-8-1)38(32-21-9-2-10-22-32,33-23-11-3-12-24-33)37-39(34-25-13-4-14-26-34,35-27-15-5-16-28-35)36-29-17-6-18-30-36;/h3*1-30H;/q3*-1;+3. The Morgan fingerprint density at radius 1 is 0.0847 bits per heavy atom. The van der Waals surface area contributed by atoms with Gasteiger partial charge in [-0.1, -0.05) is 639 Å². The molecule has 0 N–H and O–H groups in total. The first kappa shape index (κ1) is 80.8. The van der Waals surface area contributed by atoms with E-state index in [4.69, 9.17) is 13.9 Å². The van der Waals surface area contributed by atoms with E-state index in [1.54, 1.807) is 0 Å². The summed E-state index contributed by atoms with van der Waals surface area (Å²) in [4.78, 5) is 0. The van der Waals surface area contributed by atoms with Crippen molar-refractivity contribution in [1.82, 2.24) is 0 Å². The zero-order chi connectivity index (χ0) is 79.2. The van der Waals surface area contributed by atoms with Gasteiger partial charge in [-0.3, -0.25) is 0 Å². The van der Waals surface area contributed by atoms with Gasteiger partial charge >= 0.3 is 17.4 Å². The predicted molar refractivity (Wildman–Crippen MR) is 514 cm³/mol. The Morgan fingerprint density at radius 3 is 0.186 bits per heavy atom. The van der Waals surface area contributed by atoms with Crippen LogP contribution in [0.4, 0.5) is 0 Å². The Bertz CT molecular complexity index is 4430. The van der Waals surface area contributed by atoms with Gasteiger partial charge in [-0.15, -0.1) is 0 Å². The van der Waals surface area contributed by atoms with Gasteiger partial charge in [-0.2, -0.15) is 0 Å². The Balaban J connectivity index is 0.000000138. The third kappa shape index (κ3) is 16.5. The van der Waals surface area contributed by atoms with Crippen LogP contribution >= 0.6 is 0 Å². The van der Waals surface area contributed by atoms with Crippen molar-refractivity contribution in [3.8, 4) is 0 Å². The molecule has 18 aromatic rings. The molecule has 0 aromatic heterocycles. The molecule has 0 unspecified atom stereocenters. The summed E-state index contributed by atoms with van der Waals surface area (Å²) >= 11 is 0. The summed E-state index contributed by atoms with van der Waals surface area (Å²) in [5.74, 6) is 0. The van der Waals surface area contributed by atoms with Crippen LogP contribution in [0.25, 0.3) is 13.9 Å². The quantitative estimate of drug-likeness (QED) is 0.0427. The van der Waals surface area contributed by atoms with Gasteiger partial charge in [0.2, 0.25) is 0 Å². The zero-order valence-corrected chi connectivity index (χ0v) is 73.0. The molecule has 10 heteroatoms. The first-order valence-corrected chi connectivity index (χ1v) is 51.9. The van der Waals surface area contributed by atoms with Crippen LogP contribution in [0.5, 0.6) is 0 Å². The van der Waals surface area contributed by atoms with E-state index in [-0.39, 0.29) is 17.4 Å². The van der Waals surface area contributed by atoms with Crippen molar-refractivity contribution in [2.24, 2.45) is 0 Å². The minimum absolute atomic E-state index is 0. The van der Waals surface area contributed by atoms with E-state index in [0.717, 1.165) is 0 Å². The van der Waals surface area contributed by atoms with Gasteiger partial charge in [0.1, 0.15) is 0 Å². The van der Waals surface area contributed by atoms with E-state index in [2.05, 4.69) is 546 Å². The number of nitrogens with zero attached hydrogens (tertiary/aromatic N) is 3. The second-order valence-corrected chi connectivity index (χ2v) is 50.8. The SMILES string of the molecule is [Cr+3].c1ccc([Si]([N-][Si](c2ccccc2)(c2ccccc2)c2ccccc2)(c2ccccc2)c2ccccc2)cc1.c1ccc([Si]([N-][Si](c2ccccc2)(c2ccccc2)c2ccccc2)(c2ccccc2)c2ccccc2)cc1.c1ccc([Si]([N-][Si](c2ccccc2)(c2ccccc2)c2ccccc2)(c2ccccc2)c2ccccc2)cc1.